The molecule has 31 heavy (non-hydrogen) atoms. The molecular formula is C27H28N3S+. The third kappa shape index (κ3) is 4.41. The summed E-state index contributed by atoms with van der Waals surface area (Å²) in [4.78, 5) is 9.04. The number of hydrogen-bond acceptors (Lipinski definition) is 3. The van der Waals surface area contributed by atoms with E-state index in [1.165, 1.54) is 22.3 Å². The lowest BCUT2D eigenvalue weighted by molar-refractivity contribution is -0.926. The predicted molar refractivity (Wildman–Crippen MR) is 130 cm³/mol. The van der Waals surface area contributed by atoms with Gasteiger partial charge >= 0.3 is 0 Å². The average molecular weight is 427 g/mol. The van der Waals surface area contributed by atoms with E-state index in [0.29, 0.717) is 6.04 Å². The Hall–Kier alpha value is -2.95. The van der Waals surface area contributed by atoms with E-state index < -0.39 is 0 Å². The second kappa shape index (κ2) is 9.04. The summed E-state index contributed by atoms with van der Waals surface area (Å²) in [7, 11) is 0. The summed E-state index contributed by atoms with van der Waals surface area (Å²) in [5.41, 5.74) is 6.36. The van der Waals surface area contributed by atoms with Crippen molar-refractivity contribution in [1.29, 1.82) is 0 Å². The molecule has 156 valence electrons. The van der Waals surface area contributed by atoms with Gasteiger partial charge in [-0.1, -0.05) is 90.5 Å². The van der Waals surface area contributed by atoms with E-state index in [4.69, 9.17) is 4.98 Å². The van der Waals surface area contributed by atoms with Crippen molar-refractivity contribution in [2.24, 2.45) is 0 Å². The number of anilines is 1. The van der Waals surface area contributed by atoms with Crippen molar-refractivity contribution < 1.29 is 4.90 Å². The lowest BCUT2D eigenvalue weighted by Crippen LogP contribution is -3.15. The summed E-state index contributed by atoms with van der Waals surface area (Å²) < 4.78 is 0. The van der Waals surface area contributed by atoms with E-state index in [0.717, 1.165) is 37.0 Å². The van der Waals surface area contributed by atoms with Crippen molar-refractivity contribution in [3.05, 3.63) is 107 Å². The van der Waals surface area contributed by atoms with Crippen LogP contribution in [0.3, 0.4) is 0 Å². The summed E-state index contributed by atoms with van der Waals surface area (Å²) in [6.45, 7) is 6.40. The molecule has 0 saturated carbocycles. The van der Waals surface area contributed by atoms with Gasteiger partial charge in [0, 0.05) is 22.1 Å². The highest BCUT2D eigenvalue weighted by Gasteiger charge is 2.30. The van der Waals surface area contributed by atoms with Gasteiger partial charge in [0.25, 0.3) is 0 Å². The molecule has 1 saturated heterocycles. The van der Waals surface area contributed by atoms with Gasteiger partial charge in [-0.05, 0) is 6.92 Å². The number of piperazine rings is 1. The van der Waals surface area contributed by atoms with Gasteiger partial charge < -0.3 is 9.80 Å². The molecule has 0 spiro atoms. The smallest absolute Gasteiger partial charge is 0.186 e. The molecule has 3 nitrogen and oxygen atoms in total. The first-order valence-electron chi connectivity index (χ1n) is 11.0. The van der Waals surface area contributed by atoms with Crippen LogP contribution in [-0.4, -0.2) is 31.2 Å². The van der Waals surface area contributed by atoms with Gasteiger partial charge in [0.2, 0.25) is 0 Å². The van der Waals surface area contributed by atoms with Gasteiger partial charge in [-0.25, -0.2) is 4.98 Å². The lowest BCUT2D eigenvalue weighted by Gasteiger charge is -2.37. The van der Waals surface area contributed by atoms with Crippen molar-refractivity contribution in [2.75, 3.05) is 31.1 Å². The third-order valence-electron chi connectivity index (χ3n) is 6.19. The molecule has 3 aromatic carbocycles. The molecule has 5 rings (SSSR count). The van der Waals surface area contributed by atoms with Crippen LogP contribution in [0.2, 0.25) is 0 Å². The van der Waals surface area contributed by atoms with Crippen LogP contribution in [0.15, 0.2) is 90.3 Å². The second-order valence-electron chi connectivity index (χ2n) is 8.28. The normalized spacial score (nSPS) is 14.8. The standard InChI is InChI=1S/C27H27N3S/c1-21-12-14-22(15-13-21)25-20-31-27(28-25)30-18-16-29(17-19-30)26(23-8-4-2-5-9-23)24-10-6-3-7-11-24/h2-15,20,26H,16-19H2,1H3/p+1. The minimum absolute atomic E-state index is 0.379. The Labute approximate surface area is 188 Å². The lowest BCUT2D eigenvalue weighted by atomic mass is 9.96. The summed E-state index contributed by atoms with van der Waals surface area (Å²) in [5, 5.41) is 3.33. The van der Waals surface area contributed by atoms with Crippen molar-refractivity contribution >= 4 is 16.5 Å². The third-order valence-corrected chi connectivity index (χ3v) is 7.09. The van der Waals surface area contributed by atoms with E-state index in [2.05, 4.69) is 102 Å². The first-order chi connectivity index (χ1) is 15.3. The SMILES string of the molecule is Cc1ccc(-c2csc(N3CC[NH+](C(c4ccccc4)c4ccccc4)CC3)n2)cc1. The summed E-state index contributed by atoms with van der Waals surface area (Å²) >= 11 is 1.76. The fraction of sp³-hybridized carbons (Fsp3) is 0.222. The quantitative estimate of drug-likeness (QED) is 0.503. The largest absolute Gasteiger partial charge is 0.337 e. The van der Waals surface area contributed by atoms with Gasteiger partial charge in [-0.2, -0.15) is 0 Å². The topological polar surface area (TPSA) is 20.6 Å². The molecule has 1 aliphatic heterocycles. The molecule has 0 radical (unpaired) electrons. The Morgan fingerprint density at radius 3 is 1.97 bits per heavy atom. The number of rotatable bonds is 5. The summed E-state index contributed by atoms with van der Waals surface area (Å²) in [6, 6.07) is 30.9. The number of hydrogen-bond donors (Lipinski definition) is 1. The highest BCUT2D eigenvalue weighted by molar-refractivity contribution is 7.14. The average Bonchev–Trinajstić information content (AvgIpc) is 3.32. The zero-order valence-electron chi connectivity index (χ0n) is 17.9. The van der Waals surface area contributed by atoms with Gasteiger partial charge in [0.05, 0.1) is 31.9 Å². The molecule has 0 atom stereocenters. The predicted octanol–water partition coefficient (Wildman–Crippen LogP) is 4.61. The van der Waals surface area contributed by atoms with Gasteiger partial charge in [-0.3, -0.25) is 0 Å². The maximum atomic E-state index is 4.96. The van der Waals surface area contributed by atoms with Crippen molar-refractivity contribution in [2.45, 2.75) is 13.0 Å². The van der Waals surface area contributed by atoms with Crippen molar-refractivity contribution in [3.63, 3.8) is 0 Å². The number of quaternary nitrogens is 1. The first kappa shape index (κ1) is 20.0. The Balaban J connectivity index is 1.32. The van der Waals surface area contributed by atoms with Crippen LogP contribution in [0.5, 0.6) is 0 Å². The molecule has 4 heteroatoms. The molecule has 0 amide bonds. The maximum absolute atomic E-state index is 4.96. The van der Waals surface area contributed by atoms with E-state index in [9.17, 15) is 0 Å². The number of aryl methyl sites for hydroxylation is 1. The van der Waals surface area contributed by atoms with Gasteiger partial charge in [-0.15, -0.1) is 11.3 Å². The second-order valence-corrected chi connectivity index (χ2v) is 9.12. The van der Waals surface area contributed by atoms with E-state index >= 15 is 0 Å². The van der Waals surface area contributed by atoms with Crippen LogP contribution in [0.4, 0.5) is 5.13 Å². The number of thiazole rings is 1. The molecule has 1 N–H and O–H groups in total. The Morgan fingerprint density at radius 2 is 1.39 bits per heavy atom. The van der Waals surface area contributed by atoms with Gasteiger partial charge in [0.1, 0.15) is 6.04 Å². The minimum atomic E-state index is 0.379. The first-order valence-corrected chi connectivity index (χ1v) is 11.9. The van der Waals surface area contributed by atoms with Crippen LogP contribution < -0.4 is 9.80 Å². The highest BCUT2D eigenvalue weighted by Crippen LogP contribution is 2.28. The van der Waals surface area contributed by atoms with Crippen LogP contribution in [-0.2, 0) is 0 Å². The number of benzene rings is 3. The molecule has 4 aromatic rings. The number of nitrogens with zero attached hydrogens (tertiary/aromatic N) is 2. The van der Waals surface area contributed by atoms with Crippen LogP contribution in [0, 0.1) is 6.92 Å². The minimum Gasteiger partial charge on any atom is -0.337 e. The molecule has 2 heterocycles. The van der Waals surface area contributed by atoms with E-state index in [1.54, 1.807) is 16.2 Å². The van der Waals surface area contributed by atoms with Crippen LogP contribution >= 0.6 is 11.3 Å². The summed E-state index contributed by atoms with van der Waals surface area (Å²) in [6.07, 6.45) is 0. The van der Waals surface area contributed by atoms with E-state index in [1.807, 2.05) is 0 Å². The maximum Gasteiger partial charge on any atom is 0.186 e. The van der Waals surface area contributed by atoms with Crippen LogP contribution in [0.25, 0.3) is 11.3 Å². The molecule has 1 fully saturated rings. The molecule has 1 aromatic heterocycles. The van der Waals surface area contributed by atoms with Gasteiger partial charge in [0.15, 0.2) is 5.13 Å². The Kier molecular flexibility index (Phi) is 5.83. The Morgan fingerprint density at radius 1 is 0.806 bits per heavy atom. The zero-order chi connectivity index (χ0) is 21.0. The fourth-order valence-electron chi connectivity index (χ4n) is 4.50. The highest BCUT2D eigenvalue weighted by atomic mass is 32.1. The van der Waals surface area contributed by atoms with Crippen LogP contribution in [0.1, 0.15) is 22.7 Å². The number of aromatic nitrogens is 1. The molecule has 0 aliphatic carbocycles. The monoisotopic (exact) mass is 426 g/mol. The zero-order valence-corrected chi connectivity index (χ0v) is 18.7. The molecule has 1 aliphatic rings. The fourth-order valence-corrected chi connectivity index (χ4v) is 5.38. The molecule has 0 bridgehead atoms. The number of nitrogens with one attached hydrogen (secondary N) is 1. The molecular weight excluding hydrogens is 398 g/mol. The van der Waals surface area contributed by atoms with Crippen molar-refractivity contribution in [3.8, 4) is 11.3 Å². The van der Waals surface area contributed by atoms with Crippen molar-refractivity contribution in [1.82, 2.24) is 4.98 Å². The Bertz CT molecular complexity index is 1060. The summed E-state index contributed by atoms with van der Waals surface area (Å²) in [5.74, 6) is 0. The molecule has 0 unspecified atom stereocenters. The van der Waals surface area contributed by atoms with E-state index in [-0.39, 0.29) is 0 Å².